The summed E-state index contributed by atoms with van der Waals surface area (Å²) in [6, 6.07) is 0.0862. The zero-order chi connectivity index (χ0) is 12.1. The second-order valence-electron chi connectivity index (χ2n) is 4.95. The van der Waals surface area contributed by atoms with Crippen molar-refractivity contribution in [2.45, 2.75) is 44.7 Å². The summed E-state index contributed by atoms with van der Waals surface area (Å²) in [4.78, 5) is 13.1. The van der Waals surface area contributed by atoms with Crippen molar-refractivity contribution in [3.8, 4) is 0 Å². The third-order valence-electron chi connectivity index (χ3n) is 3.75. The van der Waals surface area contributed by atoms with Gasteiger partial charge in [0.05, 0.1) is 0 Å². The monoisotopic (exact) mass is 228 g/mol. The van der Waals surface area contributed by atoms with Crippen molar-refractivity contribution in [1.82, 2.24) is 10.2 Å². The Labute approximate surface area is 98.0 Å². The maximum Gasteiger partial charge on any atom is 0.322 e. The van der Waals surface area contributed by atoms with Crippen LogP contribution in [0.2, 0.25) is 0 Å². The number of carbonyl (C=O) groups is 1. The van der Waals surface area contributed by atoms with Gasteiger partial charge < -0.3 is 15.3 Å². The summed E-state index contributed by atoms with van der Waals surface area (Å²) in [5, 5.41) is 11.8. The molecule has 0 saturated heterocycles. The molecule has 0 heterocycles. The molecule has 2 N–H and O–H groups in total. The highest BCUT2D eigenvalue weighted by Crippen LogP contribution is 2.27. The van der Waals surface area contributed by atoms with Crippen LogP contribution in [0.1, 0.15) is 32.6 Å². The van der Waals surface area contributed by atoms with Crippen LogP contribution < -0.4 is 5.32 Å². The first-order valence-corrected chi connectivity index (χ1v) is 6.16. The van der Waals surface area contributed by atoms with E-state index >= 15 is 0 Å². The molecule has 0 aromatic rings. The van der Waals surface area contributed by atoms with Gasteiger partial charge in [-0.25, -0.2) is 0 Å². The van der Waals surface area contributed by atoms with Crippen LogP contribution in [0.4, 0.5) is 0 Å². The number of nitrogens with zero attached hydrogens (tertiary/aromatic N) is 1. The molecule has 0 aliphatic heterocycles. The lowest BCUT2D eigenvalue weighted by atomic mass is 9.85. The summed E-state index contributed by atoms with van der Waals surface area (Å²) in [5.41, 5.74) is 0. The fourth-order valence-corrected chi connectivity index (χ4v) is 2.67. The number of hydrogen-bond donors (Lipinski definition) is 2. The minimum Gasteiger partial charge on any atom is -0.480 e. The van der Waals surface area contributed by atoms with Crippen molar-refractivity contribution in [3.05, 3.63) is 0 Å². The first-order valence-electron chi connectivity index (χ1n) is 6.16. The first kappa shape index (κ1) is 13.5. The molecule has 3 atom stereocenters. The predicted molar refractivity (Wildman–Crippen MR) is 64.5 cm³/mol. The quantitative estimate of drug-likeness (QED) is 0.741. The fraction of sp³-hybridized carbons (Fsp3) is 0.917. The van der Waals surface area contributed by atoms with E-state index in [1.807, 2.05) is 7.05 Å². The number of carboxylic acid groups (broad SMARTS) is 1. The molecule has 3 unspecified atom stereocenters. The Balaban J connectivity index is 2.49. The van der Waals surface area contributed by atoms with Crippen LogP contribution in [0.25, 0.3) is 0 Å². The highest BCUT2D eigenvalue weighted by atomic mass is 16.4. The summed E-state index contributed by atoms with van der Waals surface area (Å²) in [6.07, 6.45) is 5.07. The number of carboxylic acids is 1. The van der Waals surface area contributed by atoms with E-state index in [9.17, 15) is 4.79 Å². The summed E-state index contributed by atoms with van der Waals surface area (Å²) in [5.74, 6) is -0.0807. The molecule has 1 fully saturated rings. The average molecular weight is 228 g/mol. The molecule has 0 aromatic heterocycles. The molecule has 4 heteroatoms. The van der Waals surface area contributed by atoms with E-state index in [0.717, 1.165) is 0 Å². The van der Waals surface area contributed by atoms with E-state index in [0.29, 0.717) is 18.5 Å². The Bertz CT molecular complexity index is 233. The van der Waals surface area contributed by atoms with E-state index in [1.54, 1.807) is 7.05 Å². The first-order chi connectivity index (χ1) is 7.56. The Morgan fingerprint density at radius 3 is 2.62 bits per heavy atom. The van der Waals surface area contributed by atoms with Gasteiger partial charge in [-0.05, 0) is 32.9 Å². The molecule has 94 valence electrons. The van der Waals surface area contributed by atoms with Crippen LogP contribution in [-0.2, 0) is 4.79 Å². The molecule has 0 amide bonds. The molecule has 4 nitrogen and oxygen atoms in total. The number of rotatable bonds is 5. The predicted octanol–water partition coefficient (Wildman–Crippen LogP) is 1.17. The van der Waals surface area contributed by atoms with Gasteiger partial charge in [0.2, 0.25) is 0 Å². The van der Waals surface area contributed by atoms with Crippen molar-refractivity contribution in [1.29, 1.82) is 0 Å². The smallest absolute Gasteiger partial charge is 0.322 e. The van der Waals surface area contributed by atoms with Crippen LogP contribution >= 0.6 is 0 Å². The van der Waals surface area contributed by atoms with Crippen LogP contribution in [0.3, 0.4) is 0 Å². The maximum absolute atomic E-state index is 10.9. The summed E-state index contributed by atoms with van der Waals surface area (Å²) < 4.78 is 0. The molecule has 0 spiro atoms. The molecule has 1 rings (SSSR count). The SMILES string of the molecule is CNC(CN(C)C1CCCCC1C)C(=O)O. The van der Waals surface area contributed by atoms with Gasteiger partial charge in [0.1, 0.15) is 6.04 Å². The standard InChI is InChI=1S/C12H24N2O2/c1-9-6-4-5-7-11(9)14(3)8-10(13-2)12(15)16/h9-11,13H,4-8H2,1-3H3,(H,15,16). The van der Waals surface area contributed by atoms with Gasteiger partial charge in [-0.15, -0.1) is 0 Å². The third kappa shape index (κ3) is 3.46. The molecular weight excluding hydrogens is 204 g/mol. The molecule has 1 saturated carbocycles. The van der Waals surface area contributed by atoms with E-state index in [4.69, 9.17) is 5.11 Å². The van der Waals surface area contributed by atoms with Crippen LogP contribution in [0.5, 0.6) is 0 Å². The van der Waals surface area contributed by atoms with E-state index < -0.39 is 12.0 Å². The highest BCUT2D eigenvalue weighted by molar-refractivity contribution is 5.73. The van der Waals surface area contributed by atoms with Gasteiger partial charge in [-0.2, -0.15) is 0 Å². The lowest BCUT2D eigenvalue weighted by Gasteiger charge is -2.37. The Morgan fingerprint density at radius 1 is 1.50 bits per heavy atom. The van der Waals surface area contributed by atoms with Crippen molar-refractivity contribution in [2.75, 3.05) is 20.6 Å². The van der Waals surface area contributed by atoms with Gasteiger partial charge in [0.15, 0.2) is 0 Å². The normalized spacial score (nSPS) is 28.0. The Morgan fingerprint density at radius 2 is 2.12 bits per heavy atom. The lowest BCUT2D eigenvalue weighted by Crippen LogP contribution is -2.48. The number of hydrogen-bond acceptors (Lipinski definition) is 3. The van der Waals surface area contributed by atoms with Crippen LogP contribution in [-0.4, -0.2) is 48.7 Å². The number of aliphatic carboxylic acids is 1. The topological polar surface area (TPSA) is 52.6 Å². The van der Waals surface area contributed by atoms with Gasteiger partial charge >= 0.3 is 5.97 Å². The second-order valence-corrected chi connectivity index (χ2v) is 4.95. The van der Waals surface area contributed by atoms with Crippen molar-refractivity contribution < 1.29 is 9.90 Å². The van der Waals surface area contributed by atoms with Crippen LogP contribution in [0, 0.1) is 5.92 Å². The van der Waals surface area contributed by atoms with Crippen molar-refractivity contribution in [2.24, 2.45) is 5.92 Å². The molecule has 1 aliphatic carbocycles. The number of likely N-dealkylation sites (N-methyl/N-ethyl adjacent to an activating group) is 2. The van der Waals surface area contributed by atoms with Crippen molar-refractivity contribution >= 4 is 5.97 Å². The Kier molecular flexibility index (Phi) is 5.22. The van der Waals surface area contributed by atoms with Crippen LogP contribution in [0.15, 0.2) is 0 Å². The molecule has 1 aliphatic rings. The zero-order valence-corrected chi connectivity index (χ0v) is 10.6. The minimum absolute atomic E-state index is 0.459. The van der Waals surface area contributed by atoms with Gasteiger partial charge in [0, 0.05) is 12.6 Å². The fourth-order valence-electron chi connectivity index (χ4n) is 2.67. The van der Waals surface area contributed by atoms with E-state index in [2.05, 4.69) is 17.1 Å². The molecule has 16 heavy (non-hydrogen) atoms. The van der Waals surface area contributed by atoms with Gasteiger partial charge in [0.25, 0.3) is 0 Å². The van der Waals surface area contributed by atoms with Crippen molar-refractivity contribution in [3.63, 3.8) is 0 Å². The highest BCUT2D eigenvalue weighted by Gasteiger charge is 2.27. The molecule has 0 bridgehead atoms. The maximum atomic E-state index is 10.9. The van der Waals surface area contributed by atoms with E-state index in [-0.39, 0.29) is 0 Å². The average Bonchev–Trinajstić information content (AvgIpc) is 2.25. The van der Waals surface area contributed by atoms with E-state index in [1.165, 1.54) is 25.7 Å². The summed E-state index contributed by atoms with van der Waals surface area (Å²) in [7, 11) is 3.75. The van der Waals surface area contributed by atoms with Gasteiger partial charge in [-0.1, -0.05) is 19.8 Å². The molecule has 0 radical (unpaired) electrons. The lowest BCUT2D eigenvalue weighted by molar-refractivity contribution is -0.140. The van der Waals surface area contributed by atoms with Gasteiger partial charge in [-0.3, -0.25) is 4.79 Å². The zero-order valence-electron chi connectivity index (χ0n) is 10.6. The molecule has 0 aromatic carbocycles. The minimum atomic E-state index is -0.766. The second kappa shape index (κ2) is 6.21. The Hall–Kier alpha value is -0.610. The molecular formula is C12H24N2O2. The number of nitrogens with one attached hydrogen (secondary N) is 1. The summed E-state index contributed by atoms with van der Waals surface area (Å²) >= 11 is 0. The third-order valence-corrected chi connectivity index (χ3v) is 3.75. The largest absolute Gasteiger partial charge is 0.480 e. The summed E-state index contributed by atoms with van der Waals surface area (Å²) in [6.45, 7) is 2.86.